The number of halogens is 2. The summed E-state index contributed by atoms with van der Waals surface area (Å²) in [6.45, 7) is 3.05. The van der Waals surface area contributed by atoms with Gasteiger partial charge in [-0.1, -0.05) is 13.0 Å². The molecule has 1 atom stereocenters. The zero-order valence-corrected chi connectivity index (χ0v) is 9.42. The molecule has 16 heavy (non-hydrogen) atoms. The van der Waals surface area contributed by atoms with E-state index >= 15 is 0 Å². The van der Waals surface area contributed by atoms with Crippen LogP contribution in [0.2, 0.25) is 0 Å². The van der Waals surface area contributed by atoms with Crippen LogP contribution in [0.15, 0.2) is 18.2 Å². The lowest BCUT2D eigenvalue weighted by atomic mass is 9.88. The summed E-state index contributed by atoms with van der Waals surface area (Å²) in [7, 11) is 0. The maximum atomic E-state index is 13.0. The van der Waals surface area contributed by atoms with Gasteiger partial charge in [-0.2, -0.15) is 0 Å². The number of nitrogens with two attached hydrogens (primary N) is 2. The van der Waals surface area contributed by atoms with Crippen molar-refractivity contribution in [1.29, 1.82) is 0 Å². The van der Waals surface area contributed by atoms with Crippen LogP contribution in [0.25, 0.3) is 0 Å². The van der Waals surface area contributed by atoms with Crippen molar-refractivity contribution in [1.82, 2.24) is 0 Å². The summed E-state index contributed by atoms with van der Waals surface area (Å²) >= 11 is 0. The minimum atomic E-state index is -0.814. The fourth-order valence-corrected chi connectivity index (χ4v) is 1.77. The van der Waals surface area contributed by atoms with Crippen LogP contribution in [-0.4, -0.2) is 13.1 Å². The zero-order valence-electron chi connectivity index (χ0n) is 9.42. The molecule has 0 aliphatic carbocycles. The first-order valence-corrected chi connectivity index (χ1v) is 5.42. The summed E-state index contributed by atoms with van der Waals surface area (Å²) in [5, 5.41) is 0. The second kappa shape index (κ2) is 5.92. The molecule has 0 spiro atoms. The Morgan fingerprint density at radius 3 is 2.25 bits per heavy atom. The van der Waals surface area contributed by atoms with Gasteiger partial charge in [0.05, 0.1) is 0 Å². The number of benzene rings is 1. The van der Waals surface area contributed by atoms with Crippen LogP contribution < -0.4 is 11.5 Å². The maximum absolute atomic E-state index is 13.0. The minimum Gasteiger partial charge on any atom is -0.330 e. The van der Waals surface area contributed by atoms with E-state index in [1.54, 1.807) is 6.07 Å². The van der Waals surface area contributed by atoms with Crippen molar-refractivity contribution in [2.45, 2.75) is 13.3 Å². The van der Waals surface area contributed by atoms with Crippen LogP contribution in [0.5, 0.6) is 0 Å². The maximum Gasteiger partial charge on any atom is 0.159 e. The summed E-state index contributed by atoms with van der Waals surface area (Å²) in [4.78, 5) is 0. The van der Waals surface area contributed by atoms with Gasteiger partial charge in [-0.05, 0) is 49.0 Å². The molecule has 0 saturated heterocycles. The van der Waals surface area contributed by atoms with Gasteiger partial charge in [-0.3, -0.25) is 0 Å². The fourth-order valence-electron chi connectivity index (χ4n) is 1.77. The van der Waals surface area contributed by atoms with E-state index in [1.165, 1.54) is 6.07 Å². The number of hydrogen-bond acceptors (Lipinski definition) is 2. The highest BCUT2D eigenvalue weighted by Gasteiger charge is 2.15. The molecule has 1 aromatic rings. The molecule has 1 rings (SSSR count). The largest absolute Gasteiger partial charge is 0.330 e. The number of hydrogen-bond donors (Lipinski definition) is 2. The lowest BCUT2D eigenvalue weighted by Crippen LogP contribution is -2.30. The summed E-state index contributed by atoms with van der Waals surface area (Å²) in [6.07, 6.45) is 0.663. The van der Waals surface area contributed by atoms with Crippen LogP contribution in [-0.2, 0) is 6.42 Å². The van der Waals surface area contributed by atoms with Gasteiger partial charge in [-0.25, -0.2) is 8.78 Å². The van der Waals surface area contributed by atoms with Crippen molar-refractivity contribution in [2.24, 2.45) is 23.3 Å². The third-order valence-corrected chi connectivity index (χ3v) is 2.95. The third-order valence-electron chi connectivity index (χ3n) is 2.95. The Morgan fingerprint density at radius 1 is 1.12 bits per heavy atom. The highest BCUT2D eigenvalue weighted by Crippen LogP contribution is 2.17. The van der Waals surface area contributed by atoms with Gasteiger partial charge in [0.1, 0.15) is 0 Å². The minimum absolute atomic E-state index is 0.216. The molecule has 1 aromatic carbocycles. The van der Waals surface area contributed by atoms with Gasteiger partial charge < -0.3 is 11.5 Å². The van der Waals surface area contributed by atoms with Crippen molar-refractivity contribution >= 4 is 0 Å². The summed E-state index contributed by atoms with van der Waals surface area (Å²) in [6, 6.07) is 3.98. The molecular weight excluding hydrogens is 210 g/mol. The van der Waals surface area contributed by atoms with Crippen molar-refractivity contribution in [3.05, 3.63) is 35.4 Å². The average molecular weight is 228 g/mol. The third kappa shape index (κ3) is 3.25. The molecule has 0 fully saturated rings. The van der Waals surface area contributed by atoms with Gasteiger partial charge in [-0.15, -0.1) is 0 Å². The van der Waals surface area contributed by atoms with E-state index in [1.807, 2.05) is 6.92 Å². The van der Waals surface area contributed by atoms with Gasteiger partial charge in [0.15, 0.2) is 11.6 Å². The quantitative estimate of drug-likeness (QED) is 0.805. The van der Waals surface area contributed by atoms with Crippen molar-refractivity contribution < 1.29 is 8.78 Å². The van der Waals surface area contributed by atoms with Gasteiger partial charge >= 0.3 is 0 Å². The van der Waals surface area contributed by atoms with E-state index in [-0.39, 0.29) is 11.8 Å². The van der Waals surface area contributed by atoms with E-state index in [2.05, 4.69) is 0 Å². The van der Waals surface area contributed by atoms with E-state index in [9.17, 15) is 8.78 Å². The highest BCUT2D eigenvalue weighted by atomic mass is 19.2. The SMILES string of the molecule is CC(Cc1ccc(F)c(F)c1)C(CN)CN. The molecular formula is C12H18F2N2. The number of rotatable bonds is 5. The lowest BCUT2D eigenvalue weighted by Gasteiger charge is -2.20. The molecule has 90 valence electrons. The van der Waals surface area contributed by atoms with Gasteiger partial charge in [0, 0.05) is 0 Å². The molecule has 2 nitrogen and oxygen atoms in total. The zero-order chi connectivity index (χ0) is 12.1. The van der Waals surface area contributed by atoms with Crippen LogP contribution in [0, 0.1) is 23.5 Å². The molecule has 4 heteroatoms. The normalized spacial score (nSPS) is 13.1. The first kappa shape index (κ1) is 13.1. The van der Waals surface area contributed by atoms with E-state index in [0.717, 1.165) is 11.6 Å². The van der Waals surface area contributed by atoms with E-state index in [4.69, 9.17) is 11.5 Å². The van der Waals surface area contributed by atoms with Crippen LogP contribution in [0.1, 0.15) is 12.5 Å². The molecule has 0 heterocycles. The van der Waals surface area contributed by atoms with Gasteiger partial charge in [0.25, 0.3) is 0 Å². The molecule has 0 aliphatic rings. The van der Waals surface area contributed by atoms with E-state index in [0.29, 0.717) is 19.5 Å². The Morgan fingerprint density at radius 2 is 1.75 bits per heavy atom. The monoisotopic (exact) mass is 228 g/mol. The molecule has 0 aliphatic heterocycles. The van der Waals surface area contributed by atoms with Crippen molar-refractivity contribution in [2.75, 3.05) is 13.1 Å². The molecule has 4 N–H and O–H groups in total. The second-order valence-electron chi connectivity index (χ2n) is 4.16. The summed E-state index contributed by atoms with van der Waals surface area (Å²) < 4.78 is 25.7. The van der Waals surface area contributed by atoms with Crippen LogP contribution >= 0.6 is 0 Å². The Hall–Kier alpha value is -1.00. The molecule has 0 radical (unpaired) electrons. The fraction of sp³-hybridized carbons (Fsp3) is 0.500. The standard InChI is InChI=1S/C12H18F2N2/c1-8(10(6-15)7-16)4-9-2-3-11(13)12(14)5-9/h2-3,5,8,10H,4,6-7,15-16H2,1H3. The van der Waals surface area contributed by atoms with Crippen LogP contribution in [0.4, 0.5) is 8.78 Å². The van der Waals surface area contributed by atoms with Gasteiger partial charge in [0.2, 0.25) is 0 Å². The Labute approximate surface area is 94.6 Å². The van der Waals surface area contributed by atoms with Crippen molar-refractivity contribution in [3.8, 4) is 0 Å². The average Bonchev–Trinajstić information content (AvgIpc) is 2.25. The molecule has 0 amide bonds. The first-order valence-electron chi connectivity index (χ1n) is 5.42. The highest BCUT2D eigenvalue weighted by molar-refractivity contribution is 5.18. The first-order chi connectivity index (χ1) is 7.58. The summed E-state index contributed by atoms with van der Waals surface area (Å²) in [5.74, 6) is -1.14. The predicted octanol–water partition coefficient (Wildman–Crippen LogP) is 1.68. The molecule has 0 aromatic heterocycles. The van der Waals surface area contributed by atoms with Crippen molar-refractivity contribution in [3.63, 3.8) is 0 Å². The topological polar surface area (TPSA) is 52.0 Å². The molecule has 0 bridgehead atoms. The smallest absolute Gasteiger partial charge is 0.159 e. The second-order valence-corrected chi connectivity index (χ2v) is 4.16. The Kier molecular flexibility index (Phi) is 4.83. The molecule has 1 unspecified atom stereocenters. The Balaban J connectivity index is 2.69. The Bertz CT molecular complexity index is 338. The lowest BCUT2D eigenvalue weighted by molar-refractivity contribution is 0.371. The van der Waals surface area contributed by atoms with Crippen LogP contribution in [0.3, 0.4) is 0 Å². The van der Waals surface area contributed by atoms with E-state index < -0.39 is 11.6 Å². The summed E-state index contributed by atoms with van der Waals surface area (Å²) in [5.41, 5.74) is 11.9. The molecule has 0 saturated carbocycles. The predicted molar refractivity (Wildman–Crippen MR) is 60.8 cm³/mol.